The fraction of sp³-hybridized carbons (Fsp3) is 0.348. The molecule has 5 nitrogen and oxygen atoms in total. The second-order valence-corrected chi connectivity index (χ2v) is 9.43. The molecule has 0 bridgehead atoms. The first-order valence-electron chi connectivity index (χ1n) is 9.88. The lowest BCUT2D eigenvalue weighted by Crippen LogP contribution is -2.37. The lowest BCUT2D eigenvalue weighted by Gasteiger charge is -2.36. The molecule has 0 saturated heterocycles. The van der Waals surface area contributed by atoms with Crippen LogP contribution in [0.5, 0.6) is 0 Å². The second kappa shape index (κ2) is 8.03. The normalized spacial score (nSPS) is 17.6. The van der Waals surface area contributed by atoms with Crippen LogP contribution in [-0.4, -0.2) is 26.4 Å². The number of para-hydroxylation sites is 1. The molecule has 0 spiro atoms. The van der Waals surface area contributed by atoms with Crippen molar-refractivity contribution in [1.29, 1.82) is 0 Å². The van der Waals surface area contributed by atoms with E-state index in [1.165, 1.54) is 23.0 Å². The van der Waals surface area contributed by atoms with Crippen LogP contribution in [0.2, 0.25) is 0 Å². The Labute approximate surface area is 175 Å². The van der Waals surface area contributed by atoms with Crippen molar-refractivity contribution in [3.63, 3.8) is 0 Å². The van der Waals surface area contributed by atoms with Crippen LogP contribution >= 0.6 is 11.8 Å². The fourth-order valence-electron chi connectivity index (χ4n) is 4.00. The van der Waals surface area contributed by atoms with E-state index in [1.807, 2.05) is 30.5 Å². The van der Waals surface area contributed by atoms with E-state index in [9.17, 15) is 4.79 Å². The van der Waals surface area contributed by atoms with Crippen molar-refractivity contribution < 1.29 is 4.79 Å². The number of carbonyl (C=O) groups is 1. The van der Waals surface area contributed by atoms with Gasteiger partial charge in [0, 0.05) is 22.9 Å². The van der Waals surface area contributed by atoms with Gasteiger partial charge < -0.3 is 5.32 Å². The Morgan fingerprint density at radius 1 is 1.24 bits per heavy atom. The van der Waals surface area contributed by atoms with Gasteiger partial charge in [-0.15, -0.1) is 11.8 Å². The molecule has 6 heteroatoms. The van der Waals surface area contributed by atoms with Crippen molar-refractivity contribution in [3.8, 4) is 5.69 Å². The molecule has 3 aromatic rings. The van der Waals surface area contributed by atoms with Crippen molar-refractivity contribution in [2.45, 2.75) is 44.6 Å². The molecule has 1 N–H and O–H groups in total. The van der Waals surface area contributed by atoms with Crippen molar-refractivity contribution >= 4 is 17.7 Å². The van der Waals surface area contributed by atoms with E-state index < -0.39 is 0 Å². The summed E-state index contributed by atoms with van der Waals surface area (Å²) in [5.74, 6) is 0.437. The minimum atomic E-state index is -0.0166. The number of carbonyl (C=O) groups excluding carboxylic acids is 1. The Morgan fingerprint density at radius 2 is 2.00 bits per heavy atom. The van der Waals surface area contributed by atoms with Crippen molar-refractivity contribution in [2.75, 3.05) is 5.75 Å². The number of pyridine rings is 1. The second-order valence-electron chi connectivity index (χ2n) is 8.38. The zero-order chi connectivity index (χ0) is 20.4. The first kappa shape index (κ1) is 19.7. The smallest absolute Gasteiger partial charge is 0.230 e. The van der Waals surface area contributed by atoms with Crippen LogP contribution in [0, 0.1) is 12.3 Å². The number of nitrogens with zero attached hydrogens (tertiary/aromatic N) is 3. The number of nitrogens with one attached hydrogen (secondary N) is 1. The van der Waals surface area contributed by atoms with Crippen molar-refractivity contribution in [1.82, 2.24) is 20.1 Å². The molecule has 0 aliphatic heterocycles. The monoisotopic (exact) mass is 406 g/mol. The van der Waals surface area contributed by atoms with E-state index in [2.05, 4.69) is 47.9 Å². The molecule has 4 rings (SSSR count). The molecule has 1 aliphatic carbocycles. The minimum absolute atomic E-state index is 0.0166. The molecule has 2 heterocycles. The Hall–Kier alpha value is -2.60. The molecule has 1 atom stereocenters. The standard InChI is InChI=1S/C23H26N4OS/c1-16-6-4-5-7-20(16)27-21-13-23(2,3)12-19(18(21)14-25-27)26-22(28)15-29-17-8-10-24-11-9-17/h4-11,14,19H,12-13,15H2,1-3H3,(H,26,28)/t19-/m0/s1. The van der Waals surface area contributed by atoms with E-state index in [1.54, 1.807) is 12.4 Å². The van der Waals surface area contributed by atoms with E-state index in [0.717, 1.165) is 29.0 Å². The van der Waals surface area contributed by atoms with Gasteiger partial charge in [0.1, 0.15) is 0 Å². The lowest BCUT2D eigenvalue weighted by molar-refractivity contribution is -0.119. The Balaban J connectivity index is 1.55. The van der Waals surface area contributed by atoms with Gasteiger partial charge in [-0.05, 0) is 48.9 Å². The quantitative estimate of drug-likeness (QED) is 0.634. The highest BCUT2D eigenvalue weighted by atomic mass is 32.2. The number of rotatable bonds is 5. The van der Waals surface area contributed by atoms with Gasteiger partial charge in [0.15, 0.2) is 0 Å². The van der Waals surface area contributed by atoms with Crippen LogP contribution in [0.1, 0.15) is 43.1 Å². The van der Waals surface area contributed by atoms with Gasteiger partial charge in [-0.1, -0.05) is 32.0 Å². The number of aromatic nitrogens is 3. The van der Waals surface area contributed by atoms with Gasteiger partial charge in [0.05, 0.1) is 29.4 Å². The number of aryl methyl sites for hydroxylation is 1. The summed E-state index contributed by atoms with van der Waals surface area (Å²) < 4.78 is 2.05. The summed E-state index contributed by atoms with van der Waals surface area (Å²) in [5.41, 5.74) is 4.71. The third-order valence-electron chi connectivity index (χ3n) is 5.38. The van der Waals surface area contributed by atoms with Gasteiger partial charge >= 0.3 is 0 Å². The molecule has 2 aromatic heterocycles. The summed E-state index contributed by atoms with van der Waals surface area (Å²) in [6, 6.07) is 12.1. The first-order valence-corrected chi connectivity index (χ1v) is 10.9. The molecule has 1 amide bonds. The summed E-state index contributed by atoms with van der Waals surface area (Å²) in [4.78, 5) is 17.7. The molecule has 0 fully saturated rings. The highest BCUT2D eigenvalue weighted by Crippen LogP contribution is 2.41. The number of amides is 1. The van der Waals surface area contributed by atoms with E-state index >= 15 is 0 Å². The Morgan fingerprint density at radius 3 is 2.76 bits per heavy atom. The predicted molar refractivity (Wildman–Crippen MR) is 116 cm³/mol. The maximum atomic E-state index is 12.7. The first-order chi connectivity index (χ1) is 13.9. The maximum Gasteiger partial charge on any atom is 0.230 e. The summed E-state index contributed by atoms with van der Waals surface area (Å²) in [6.07, 6.45) is 7.27. The summed E-state index contributed by atoms with van der Waals surface area (Å²) in [5, 5.41) is 7.95. The molecule has 29 heavy (non-hydrogen) atoms. The van der Waals surface area contributed by atoms with Crippen LogP contribution in [-0.2, 0) is 11.2 Å². The van der Waals surface area contributed by atoms with Gasteiger partial charge in [-0.3, -0.25) is 9.78 Å². The third-order valence-corrected chi connectivity index (χ3v) is 6.39. The van der Waals surface area contributed by atoms with Crippen molar-refractivity contribution in [2.24, 2.45) is 5.41 Å². The number of fused-ring (bicyclic) bond motifs is 1. The summed E-state index contributed by atoms with van der Waals surface area (Å²) in [6.45, 7) is 6.62. The van der Waals surface area contributed by atoms with Crippen LogP contribution in [0.25, 0.3) is 5.69 Å². The maximum absolute atomic E-state index is 12.7. The minimum Gasteiger partial charge on any atom is -0.348 e. The average Bonchev–Trinajstić information content (AvgIpc) is 3.10. The van der Waals surface area contributed by atoms with Crippen LogP contribution < -0.4 is 5.32 Å². The molecule has 150 valence electrons. The molecule has 0 saturated carbocycles. The van der Waals surface area contributed by atoms with E-state index in [-0.39, 0.29) is 17.4 Å². The zero-order valence-corrected chi connectivity index (χ0v) is 17.9. The van der Waals surface area contributed by atoms with E-state index in [4.69, 9.17) is 5.10 Å². The molecule has 1 aliphatic rings. The fourth-order valence-corrected chi connectivity index (χ4v) is 4.69. The third kappa shape index (κ3) is 4.37. The molecular formula is C23H26N4OS. The van der Waals surface area contributed by atoms with Gasteiger partial charge in [-0.2, -0.15) is 5.10 Å². The SMILES string of the molecule is Cc1ccccc1-n1ncc2c1CC(C)(C)C[C@@H]2NC(=O)CSc1ccncc1. The van der Waals surface area contributed by atoms with Crippen molar-refractivity contribution in [3.05, 3.63) is 71.8 Å². The summed E-state index contributed by atoms with van der Waals surface area (Å²) in [7, 11) is 0. The molecule has 1 aromatic carbocycles. The Bertz CT molecular complexity index is 1010. The number of hydrogen-bond acceptors (Lipinski definition) is 4. The van der Waals surface area contributed by atoms with E-state index in [0.29, 0.717) is 5.75 Å². The van der Waals surface area contributed by atoms with Gasteiger partial charge in [0.25, 0.3) is 0 Å². The number of thioether (sulfide) groups is 1. The average molecular weight is 407 g/mol. The topological polar surface area (TPSA) is 59.8 Å². The highest BCUT2D eigenvalue weighted by molar-refractivity contribution is 8.00. The zero-order valence-electron chi connectivity index (χ0n) is 17.1. The number of benzene rings is 1. The van der Waals surface area contributed by atoms with Gasteiger partial charge in [-0.25, -0.2) is 4.68 Å². The summed E-state index contributed by atoms with van der Waals surface area (Å²) >= 11 is 1.53. The molecule has 0 unspecified atom stereocenters. The van der Waals surface area contributed by atoms with Crippen LogP contribution in [0.15, 0.2) is 59.9 Å². The number of hydrogen-bond donors (Lipinski definition) is 1. The Kier molecular flexibility index (Phi) is 5.46. The molecular weight excluding hydrogens is 380 g/mol. The predicted octanol–water partition coefficient (Wildman–Crippen LogP) is 4.50. The van der Waals surface area contributed by atoms with Gasteiger partial charge in [0.2, 0.25) is 5.91 Å². The largest absolute Gasteiger partial charge is 0.348 e. The highest BCUT2D eigenvalue weighted by Gasteiger charge is 2.36. The molecule has 0 radical (unpaired) electrons. The van der Waals surface area contributed by atoms with Crippen LogP contribution in [0.3, 0.4) is 0 Å². The lowest BCUT2D eigenvalue weighted by atomic mass is 9.74. The van der Waals surface area contributed by atoms with Crippen LogP contribution in [0.4, 0.5) is 0 Å².